The first-order chi connectivity index (χ1) is 39.5. The molecule has 0 aromatic carbocycles. The third kappa shape index (κ3) is 66.4. The van der Waals surface area contributed by atoms with E-state index in [1.165, 1.54) is 289 Å². The van der Waals surface area contributed by atoms with Gasteiger partial charge < -0.3 is 14.2 Å². The van der Waals surface area contributed by atoms with Crippen LogP contribution in [-0.2, 0) is 28.6 Å². The van der Waals surface area contributed by atoms with Crippen molar-refractivity contribution in [1.29, 1.82) is 0 Å². The highest BCUT2D eigenvalue weighted by Crippen LogP contribution is 2.18. The molecule has 0 N–H and O–H groups in total. The Morgan fingerprint density at radius 3 is 0.650 bits per heavy atom. The van der Waals surface area contributed by atoms with Gasteiger partial charge in [-0.1, -0.05) is 320 Å². The molecule has 0 aliphatic rings. The van der Waals surface area contributed by atoms with E-state index < -0.39 is 6.10 Å². The zero-order chi connectivity index (χ0) is 57.8. The van der Waals surface area contributed by atoms with E-state index in [-0.39, 0.29) is 31.1 Å². The van der Waals surface area contributed by atoms with Crippen LogP contribution in [-0.4, -0.2) is 37.2 Å². The summed E-state index contributed by atoms with van der Waals surface area (Å²) >= 11 is 0. The summed E-state index contributed by atoms with van der Waals surface area (Å²) < 4.78 is 16.9. The van der Waals surface area contributed by atoms with Crippen LogP contribution >= 0.6 is 0 Å². The fraction of sp³-hybridized carbons (Fsp3) is 0.878. The van der Waals surface area contributed by atoms with Gasteiger partial charge in [0, 0.05) is 19.3 Å². The molecule has 0 radical (unpaired) electrons. The molecule has 0 saturated heterocycles. The number of carbonyl (C=O) groups is 3. The molecule has 6 nitrogen and oxygen atoms in total. The van der Waals surface area contributed by atoms with E-state index in [1.54, 1.807) is 0 Å². The summed E-state index contributed by atoms with van der Waals surface area (Å²) in [6.07, 6.45) is 86.3. The second-order valence-corrected chi connectivity index (χ2v) is 24.5. The van der Waals surface area contributed by atoms with Crippen LogP contribution in [0.15, 0.2) is 36.5 Å². The maximum Gasteiger partial charge on any atom is 0.306 e. The monoisotopic (exact) mass is 1120 g/mol. The van der Waals surface area contributed by atoms with Crippen molar-refractivity contribution in [3.05, 3.63) is 36.5 Å². The Bertz CT molecular complexity index is 1340. The highest BCUT2D eigenvalue weighted by molar-refractivity contribution is 5.71. The van der Waals surface area contributed by atoms with Crippen molar-refractivity contribution in [1.82, 2.24) is 0 Å². The SMILES string of the molecule is CCCCC/C=C\CCCCCCCC(=O)OCC(COC(=O)CCCCCCCCCCCCCCCCCCCCCCCCC/C=C\CCCCCCCCCC)OC(=O)CCCCCCC/C=C\CCCCCCCC. The van der Waals surface area contributed by atoms with Crippen molar-refractivity contribution in [3.8, 4) is 0 Å². The summed E-state index contributed by atoms with van der Waals surface area (Å²) in [6.45, 7) is 6.65. The summed E-state index contributed by atoms with van der Waals surface area (Å²) in [6, 6.07) is 0. The van der Waals surface area contributed by atoms with Crippen molar-refractivity contribution in [2.75, 3.05) is 13.2 Å². The maximum atomic E-state index is 12.9. The summed E-state index contributed by atoms with van der Waals surface area (Å²) in [4.78, 5) is 38.3. The highest BCUT2D eigenvalue weighted by Gasteiger charge is 2.19. The molecule has 0 fully saturated rings. The largest absolute Gasteiger partial charge is 0.462 e. The molecule has 470 valence electrons. The van der Waals surface area contributed by atoms with E-state index in [4.69, 9.17) is 14.2 Å². The molecule has 0 heterocycles. The van der Waals surface area contributed by atoms with E-state index in [2.05, 4.69) is 57.2 Å². The average Bonchev–Trinajstić information content (AvgIpc) is 3.46. The molecule has 0 aromatic rings. The lowest BCUT2D eigenvalue weighted by Crippen LogP contribution is -2.30. The van der Waals surface area contributed by atoms with Crippen molar-refractivity contribution in [3.63, 3.8) is 0 Å². The van der Waals surface area contributed by atoms with Crippen molar-refractivity contribution in [2.24, 2.45) is 0 Å². The summed E-state index contributed by atoms with van der Waals surface area (Å²) in [7, 11) is 0. The van der Waals surface area contributed by atoms with Crippen LogP contribution in [0.5, 0.6) is 0 Å². The van der Waals surface area contributed by atoms with Gasteiger partial charge in [-0.05, 0) is 96.3 Å². The van der Waals surface area contributed by atoms with E-state index >= 15 is 0 Å². The van der Waals surface area contributed by atoms with Gasteiger partial charge >= 0.3 is 17.9 Å². The van der Waals surface area contributed by atoms with Gasteiger partial charge in [-0.15, -0.1) is 0 Å². The number of hydrogen-bond donors (Lipinski definition) is 0. The van der Waals surface area contributed by atoms with Gasteiger partial charge in [-0.25, -0.2) is 0 Å². The lowest BCUT2D eigenvalue weighted by molar-refractivity contribution is -0.167. The number of unbranched alkanes of at least 4 members (excludes halogenated alkanes) is 50. The fourth-order valence-corrected chi connectivity index (χ4v) is 10.9. The van der Waals surface area contributed by atoms with Gasteiger partial charge in [-0.2, -0.15) is 0 Å². The van der Waals surface area contributed by atoms with E-state index in [0.717, 1.165) is 70.6 Å². The second-order valence-electron chi connectivity index (χ2n) is 24.5. The average molecular weight is 1120 g/mol. The molecular formula is C74H138O6. The summed E-state index contributed by atoms with van der Waals surface area (Å²) in [5, 5.41) is 0. The summed E-state index contributed by atoms with van der Waals surface area (Å²) in [5.74, 6) is -0.868. The third-order valence-electron chi connectivity index (χ3n) is 16.3. The Balaban J connectivity index is 4.03. The van der Waals surface area contributed by atoms with Crippen molar-refractivity contribution in [2.45, 2.75) is 406 Å². The summed E-state index contributed by atoms with van der Waals surface area (Å²) in [5.41, 5.74) is 0. The lowest BCUT2D eigenvalue weighted by atomic mass is 10.0. The van der Waals surface area contributed by atoms with Crippen LogP contribution in [0, 0.1) is 0 Å². The Morgan fingerprint density at radius 1 is 0.237 bits per heavy atom. The number of carbonyl (C=O) groups excluding carboxylic acids is 3. The van der Waals surface area contributed by atoms with Crippen LogP contribution in [0.25, 0.3) is 0 Å². The Labute approximate surface area is 499 Å². The first-order valence-electron chi connectivity index (χ1n) is 36.0. The third-order valence-corrected chi connectivity index (χ3v) is 16.3. The van der Waals surface area contributed by atoms with Gasteiger partial charge in [0.1, 0.15) is 13.2 Å². The van der Waals surface area contributed by atoms with Crippen LogP contribution in [0.1, 0.15) is 400 Å². The molecule has 6 heteroatoms. The molecule has 0 aliphatic heterocycles. The Hall–Kier alpha value is -2.37. The number of hydrogen-bond acceptors (Lipinski definition) is 6. The molecule has 0 bridgehead atoms. The number of allylic oxidation sites excluding steroid dienone is 6. The predicted octanol–water partition coefficient (Wildman–Crippen LogP) is 24.7. The molecule has 0 aromatic heterocycles. The standard InChI is InChI=1S/C74H138O6/c1-4-7-10-13-16-19-22-25-27-28-29-30-31-32-33-34-35-36-37-38-39-40-41-42-43-44-45-46-48-49-52-55-58-61-64-67-73(76)79-70-71(69-78-72(75)66-63-60-57-54-51-24-21-18-15-12-9-6-3)80-74(77)68-65-62-59-56-53-50-47-26-23-20-17-14-11-8-5-2/h18,21,26,28-29,47,71H,4-17,19-20,22-25,27,30-46,48-70H2,1-3H3/b21-18-,29-28-,47-26-. The molecular weight excluding hydrogens is 985 g/mol. The van der Waals surface area contributed by atoms with Crippen LogP contribution in [0.3, 0.4) is 0 Å². The normalized spacial score (nSPS) is 12.2. The molecule has 1 unspecified atom stereocenters. The molecule has 80 heavy (non-hydrogen) atoms. The minimum absolute atomic E-state index is 0.0736. The number of rotatable bonds is 67. The topological polar surface area (TPSA) is 78.9 Å². The number of esters is 3. The fourth-order valence-electron chi connectivity index (χ4n) is 10.9. The van der Waals surface area contributed by atoms with Gasteiger partial charge in [0.2, 0.25) is 0 Å². The lowest BCUT2D eigenvalue weighted by Gasteiger charge is -2.18. The van der Waals surface area contributed by atoms with Crippen LogP contribution in [0.4, 0.5) is 0 Å². The molecule has 0 rings (SSSR count). The Morgan fingerprint density at radius 2 is 0.412 bits per heavy atom. The van der Waals surface area contributed by atoms with Crippen LogP contribution in [0.2, 0.25) is 0 Å². The van der Waals surface area contributed by atoms with Crippen LogP contribution < -0.4 is 0 Å². The minimum Gasteiger partial charge on any atom is -0.462 e. The first kappa shape index (κ1) is 77.6. The molecule has 0 saturated carbocycles. The quantitative estimate of drug-likeness (QED) is 0.0261. The molecule has 0 amide bonds. The zero-order valence-electron chi connectivity index (χ0n) is 54.1. The van der Waals surface area contributed by atoms with E-state index in [0.29, 0.717) is 19.3 Å². The predicted molar refractivity (Wildman–Crippen MR) is 349 cm³/mol. The Kier molecular flexibility index (Phi) is 67.1. The van der Waals surface area contributed by atoms with Crippen molar-refractivity contribution >= 4 is 17.9 Å². The molecule has 0 aliphatic carbocycles. The smallest absolute Gasteiger partial charge is 0.306 e. The molecule has 0 spiro atoms. The first-order valence-corrected chi connectivity index (χ1v) is 36.0. The maximum absolute atomic E-state index is 12.9. The highest BCUT2D eigenvalue weighted by atomic mass is 16.6. The molecule has 1 atom stereocenters. The van der Waals surface area contributed by atoms with Gasteiger partial charge in [0.15, 0.2) is 6.10 Å². The number of ether oxygens (including phenoxy) is 3. The minimum atomic E-state index is -0.777. The van der Waals surface area contributed by atoms with Gasteiger partial charge in [0.05, 0.1) is 0 Å². The van der Waals surface area contributed by atoms with E-state index in [1.807, 2.05) is 0 Å². The van der Waals surface area contributed by atoms with Crippen molar-refractivity contribution < 1.29 is 28.6 Å². The zero-order valence-corrected chi connectivity index (χ0v) is 54.1. The van der Waals surface area contributed by atoms with E-state index in [9.17, 15) is 14.4 Å². The second kappa shape index (κ2) is 69.1. The van der Waals surface area contributed by atoms with Gasteiger partial charge in [-0.3, -0.25) is 14.4 Å². The van der Waals surface area contributed by atoms with Gasteiger partial charge in [0.25, 0.3) is 0 Å².